The van der Waals surface area contributed by atoms with E-state index >= 15 is 0 Å². The Balaban J connectivity index is 2.84. The molecule has 1 atom stereocenters. The molecule has 0 radical (unpaired) electrons. The van der Waals surface area contributed by atoms with Gasteiger partial charge in [0.05, 0.1) is 0 Å². The largest absolute Gasteiger partial charge is 0.301 e. The quantitative estimate of drug-likeness (QED) is 0.686. The van der Waals surface area contributed by atoms with E-state index in [2.05, 4.69) is 31.0 Å². The molecule has 0 aliphatic rings. The highest BCUT2D eigenvalue weighted by atomic mass is 35.5. The van der Waals surface area contributed by atoms with Crippen molar-refractivity contribution in [3.63, 3.8) is 0 Å². The van der Waals surface area contributed by atoms with Gasteiger partial charge in [0.25, 0.3) is 0 Å². The number of hydrogen-bond donors (Lipinski definition) is 0. The lowest BCUT2D eigenvalue weighted by Gasteiger charge is -2.16. The van der Waals surface area contributed by atoms with Crippen LogP contribution in [0.15, 0.2) is 6.33 Å². The molecule has 4 heteroatoms. The van der Waals surface area contributed by atoms with E-state index in [0.29, 0.717) is 17.2 Å². The summed E-state index contributed by atoms with van der Waals surface area (Å²) < 4.78 is 1.87. The van der Waals surface area contributed by atoms with Crippen LogP contribution in [0.1, 0.15) is 26.8 Å². The first kappa shape index (κ1) is 8.53. The Morgan fingerprint density at radius 1 is 1.45 bits per heavy atom. The summed E-state index contributed by atoms with van der Waals surface area (Å²) in [5.41, 5.74) is 0. The van der Waals surface area contributed by atoms with Crippen LogP contribution in [0.25, 0.3) is 0 Å². The molecular weight excluding hydrogens is 162 g/mol. The lowest BCUT2D eigenvalue weighted by molar-refractivity contribution is 0.407. The second-order valence-corrected chi connectivity index (χ2v) is 3.33. The van der Waals surface area contributed by atoms with Crippen LogP contribution < -0.4 is 0 Å². The van der Waals surface area contributed by atoms with Gasteiger partial charge in [-0.05, 0) is 24.4 Å². The smallest absolute Gasteiger partial charge is 0.225 e. The Bertz CT molecular complexity index is 231. The summed E-state index contributed by atoms with van der Waals surface area (Å²) in [4.78, 5) is 0. The predicted octanol–water partition coefficient (Wildman–Crippen LogP) is 2.15. The van der Waals surface area contributed by atoms with E-state index < -0.39 is 0 Å². The molecule has 0 spiro atoms. The molecule has 0 aliphatic heterocycles. The Hall–Kier alpha value is -0.570. The van der Waals surface area contributed by atoms with Crippen molar-refractivity contribution in [3.8, 4) is 0 Å². The van der Waals surface area contributed by atoms with Gasteiger partial charge in [-0.1, -0.05) is 13.8 Å². The van der Waals surface area contributed by atoms with Crippen LogP contribution in [0.5, 0.6) is 0 Å². The summed E-state index contributed by atoms with van der Waals surface area (Å²) in [7, 11) is 0. The second-order valence-electron chi connectivity index (χ2n) is 2.99. The molecule has 0 bridgehead atoms. The fourth-order valence-corrected chi connectivity index (χ4v) is 1.06. The highest BCUT2D eigenvalue weighted by Crippen LogP contribution is 2.19. The second kappa shape index (κ2) is 3.22. The summed E-state index contributed by atoms with van der Waals surface area (Å²) in [5.74, 6) is 0.545. The van der Waals surface area contributed by atoms with Crippen LogP contribution in [-0.2, 0) is 0 Å². The lowest BCUT2D eigenvalue weighted by Crippen LogP contribution is -2.10. The van der Waals surface area contributed by atoms with Crippen molar-refractivity contribution < 1.29 is 0 Å². The monoisotopic (exact) mass is 173 g/mol. The number of hydrogen-bond acceptors (Lipinski definition) is 2. The highest BCUT2D eigenvalue weighted by molar-refractivity contribution is 6.28. The molecule has 0 amide bonds. The lowest BCUT2D eigenvalue weighted by atomic mass is 10.1. The molecule has 1 aromatic heterocycles. The normalized spacial score (nSPS) is 13.9. The molecule has 1 aromatic rings. The van der Waals surface area contributed by atoms with E-state index in [1.165, 1.54) is 0 Å². The summed E-state index contributed by atoms with van der Waals surface area (Å²) in [6.07, 6.45) is 1.66. The van der Waals surface area contributed by atoms with Crippen molar-refractivity contribution in [3.05, 3.63) is 11.6 Å². The fraction of sp³-hybridized carbons (Fsp3) is 0.714. The Morgan fingerprint density at radius 3 is 2.45 bits per heavy atom. The van der Waals surface area contributed by atoms with Crippen molar-refractivity contribution in [1.29, 1.82) is 0 Å². The highest BCUT2D eigenvalue weighted by Gasteiger charge is 2.11. The van der Waals surface area contributed by atoms with Gasteiger partial charge in [0.15, 0.2) is 0 Å². The van der Waals surface area contributed by atoms with Gasteiger partial charge in [0, 0.05) is 6.04 Å². The molecule has 1 heterocycles. The molecule has 0 N–H and O–H groups in total. The van der Waals surface area contributed by atoms with Gasteiger partial charge in [-0.2, -0.15) is 0 Å². The van der Waals surface area contributed by atoms with Crippen LogP contribution in [0.4, 0.5) is 0 Å². The molecule has 3 nitrogen and oxygen atoms in total. The molecule has 0 saturated heterocycles. The zero-order valence-corrected chi connectivity index (χ0v) is 7.71. The van der Waals surface area contributed by atoms with Crippen LogP contribution in [0.2, 0.25) is 5.28 Å². The van der Waals surface area contributed by atoms with Crippen LogP contribution >= 0.6 is 11.6 Å². The van der Waals surface area contributed by atoms with E-state index in [1.807, 2.05) is 4.57 Å². The number of rotatable bonds is 2. The molecule has 0 saturated carbocycles. The van der Waals surface area contributed by atoms with E-state index in [-0.39, 0.29) is 0 Å². The third-order valence-corrected chi connectivity index (χ3v) is 2.20. The first-order valence-corrected chi connectivity index (χ1v) is 4.05. The Labute approximate surface area is 71.4 Å². The molecule has 62 valence electrons. The van der Waals surface area contributed by atoms with E-state index in [9.17, 15) is 0 Å². The average molecular weight is 174 g/mol. The molecule has 0 aromatic carbocycles. The fourth-order valence-electron chi connectivity index (χ4n) is 0.823. The van der Waals surface area contributed by atoms with Crippen LogP contribution in [0.3, 0.4) is 0 Å². The summed E-state index contributed by atoms with van der Waals surface area (Å²) in [6.45, 7) is 6.38. The van der Waals surface area contributed by atoms with Crippen molar-refractivity contribution in [2.45, 2.75) is 26.8 Å². The zero-order chi connectivity index (χ0) is 8.43. The molecular formula is C7H12ClN3. The van der Waals surface area contributed by atoms with E-state index in [1.54, 1.807) is 6.33 Å². The average Bonchev–Trinajstić information content (AvgIpc) is 2.33. The van der Waals surface area contributed by atoms with Gasteiger partial charge in [0.2, 0.25) is 5.28 Å². The van der Waals surface area contributed by atoms with Crippen LogP contribution in [0, 0.1) is 5.92 Å². The third-order valence-electron chi connectivity index (χ3n) is 1.93. The van der Waals surface area contributed by atoms with Crippen molar-refractivity contribution >= 4 is 11.6 Å². The van der Waals surface area contributed by atoms with Gasteiger partial charge < -0.3 is 4.57 Å². The Morgan fingerprint density at radius 2 is 2.09 bits per heavy atom. The summed E-state index contributed by atoms with van der Waals surface area (Å²) in [6, 6.07) is 0.359. The molecule has 0 aliphatic carbocycles. The zero-order valence-electron chi connectivity index (χ0n) is 6.95. The number of aromatic nitrogens is 3. The first-order chi connectivity index (χ1) is 5.13. The third kappa shape index (κ3) is 1.71. The number of halogens is 1. The predicted molar refractivity (Wildman–Crippen MR) is 44.6 cm³/mol. The Kier molecular flexibility index (Phi) is 2.49. The molecule has 1 rings (SSSR count). The van der Waals surface area contributed by atoms with Gasteiger partial charge in [-0.15, -0.1) is 10.2 Å². The topological polar surface area (TPSA) is 30.7 Å². The first-order valence-electron chi connectivity index (χ1n) is 3.68. The van der Waals surface area contributed by atoms with Gasteiger partial charge in [-0.25, -0.2) is 0 Å². The van der Waals surface area contributed by atoms with E-state index in [0.717, 1.165) is 0 Å². The maximum atomic E-state index is 5.77. The molecule has 1 unspecified atom stereocenters. The summed E-state index contributed by atoms with van der Waals surface area (Å²) >= 11 is 5.77. The van der Waals surface area contributed by atoms with Crippen molar-refractivity contribution in [1.82, 2.24) is 14.8 Å². The van der Waals surface area contributed by atoms with Gasteiger partial charge in [0.1, 0.15) is 6.33 Å². The minimum Gasteiger partial charge on any atom is -0.301 e. The van der Waals surface area contributed by atoms with Gasteiger partial charge in [-0.3, -0.25) is 0 Å². The van der Waals surface area contributed by atoms with Crippen molar-refractivity contribution in [2.24, 2.45) is 5.92 Å². The van der Waals surface area contributed by atoms with E-state index in [4.69, 9.17) is 11.6 Å². The standard InChI is InChI=1S/C7H12ClN3/c1-5(2)6(3)11-4-9-10-7(11)8/h4-6H,1-3H3. The minimum atomic E-state index is 0.359. The molecule has 11 heavy (non-hydrogen) atoms. The molecule has 0 fully saturated rings. The van der Waals surface area contributed by atoms with Crippen molar-refractivity contribution in [2.75, 3.05) is 0 Å². The number of nitrogens with zero attached hydrogens (tertiary/aromatic N) is 3. The maximum Gasteiger partial charge on any atom is 0.225 e. The maximum absolute atomic E-state index is 5.77. The van der Waals surface area contributed by atoms with Crippen LogP contribution in [-0.4, -0.2) is 14.8 Å². The van der Waals surface area contributed by atoms with Gasteiger partial charge >= 0.3 is 0 Å². The SMILES string of the molecule is CC(C)C(C)n1cnnc1Cl. The summed E-state index contributed by atoms with van der Waals surface area (Å²) in [5, 5.41) is 7.87. The minimum absolute atomic E-state index is 0.359.